The maximum Gasteiger partial charge on any atom is 0.295 e. The van der Waals surface area contributed by atoms with E-state index in [0.717, 1.165) is 10.9 Å². The van der Waals surface area contributed by atoms with E-state index in [1.807, 2.05) is 18.2 Å². The van der Waals surface area contributed by atoms with Gasteiger partial charge in [-0.15, -0.1) is 11.3 Å². The number of rotatable bonds is 5. The zero-order chi connectivity index (χ0) is 18.6. The Morgan fingerprint density at radius 2 is 2.00 bits per heavy atom. The van der Waals surface area contributed by atoms with Crippen LogP contribution in [-0.4, -0.2) is 37.0 Å². The van der Waals surface area contributed by atoms with E-state index >= 15 is 0 Å². The van der Waals surface area contributed by atoms with E-state index in [0.29, 0.717) is 16.5 Å². The van der Waals surface area contributed by atoms with E-state index in [9.17, 15) is 9.59 Å². The number of H-pyrrole nitrogens is 1. The second-order valence-corrected chi connectivity index (χ2v) is 6.43. The third-order valence-electron chi connectivity index (χ3n) is 3.61. The Balaban J connectivity index is 1.37. The molecule has 4 rings (SSSR count). The molecule has 3 heterocycles. The molecule has 0 unspecified atom stereocenters. The molecule has 10 heteroatoms. The van der Waals surface area contributed by atoms with Crippen LogP contribution in [-0.2, 0) is 11.2 Å². The van der Waals surface area contributed by atoms with Gasteiger partial charge < -0.3 is 5.32 Å². The molecular weight excluding hydrogens is 366 g/mol. The highest BCUT2D eigenvalue weighted by Gasteiger charge is 2.13. The summed E-state index contributed by atoms with van der Waals surface area (Å²) in [6, 6.07) is 7.12. The summed E-state index contributed by atoms with van der Waals surface area (Å²) in [4.78, 5) is 36.3. The Kier molecular flexibility index (Phi) is 4.54. The summed E-state index contributed by atoms with van der Waals surface area (Å²) in [6.07, 6.45) is 4.78. The largest absolute Gasteiger partial charge is 0.326 e. The van der Waals surface area contributed by atoms with Crippen molar-refractivity contribution in [2.45, 2.75) is 6.42 Å². The highest BCUT2D eigenvalue weighted by molar-refractivity contribution is 7.14. The number of benzene rings is 1. The number of carbonyl (C=O) groups is 2. The molecule has 0 aliphatic rings. The molecular formula is C17H13N7O2S. The summed E-state index contributed by atoms with van der Waals surface area (Å²) >= 11 is 1.23. The van der Waals surface area contributed by atoms with Crippen LogP contribution in [0, 0.1) is 0 Å². The Bertz CT molecular complexity index is 1110. The topological polar surface area (TPSA) is 126 Å². The lowest BCUT2D eigenvalue weighted by atomic mass is 10.2. The minimum atomic E-state index is -0.450. The van der Waals surface area contributed by atoms with Crippen LogP contribution >= 0.6 is 11.3 Å². The van der Waals surface area contributed by atoms with Crippen molar-refractivity contribution >= 4 is 44.9 Å². The molecule has 0 saturated carbocycles. The molecule has 3 N–H and O–H groups in total. The monoisotopic (exact) mass is 379 g/mol. The van der Waals surface area contributed by atoms with Crippen molar-refractivity contribution in [3.63, 3.8) is 0 Å². The van der Waals surface area contributed by atoms with Gasteiger partial charge in [-0.05, 0) is 24.3 Å². The zero-order valence-electron chi connectivity index (χ0n) is 13.8. The van der Waals surface area contributed by atoms with Gasteiger partial charge in [0.05, 0.1) is 23.8 Å². The van der Waals surface area contributed by atoms with E-state index in [4.69, 9.17) is 0 Å². The predicted octanol–water partition coefficient (Wildman–Crippen LogP) is 2.24. The number of amides is 2. The number of fused-ring (bicyclic) bond motifs is 1. The Morgan fingerprint density at radius 1 is 1.15 bits per heavy atom. The van der Waals surface area contributed by atoms with E-state index in [1.54, 1.807) is 17.6 Å². The third kappa shape index (κ3) is 3.96. The first-order valence-corrected chi connectivity index (χ1v) is 8.81. The van der Waals surface area contributed by atoms with Gasteiger partial charge in [0.1, 0.15) is 0 Å². The van der Waals surface area contributed by atoms with Crippen molar-refractivity contribution in [3.05, 3.63) is 59.8 Å². The maximum atomic E-state index is 12.2. The van der Waals surface area contributed by atoms with Gasteiger partial charge >= 0.3 is 0 Å². The fourth-order valence-corrected chi connectivity index (χ4v) is 3.10. The van der Waals surface area contributed by atoms with Gasteiger partial charge in [0.15, 0.2) is 5.13 Å². The van der Waals surface area contributed by atoms with E-state index < -0.39 is 5.91 Å². The molecule has 0 aliphatic heterocycles. The number of nitrogens with one attached hydrogen (secondary N) is 3. The smallest absolute Gasteiger partial charge is 0.295 e. The fourth-order valence-electron chi connectivity index (χ4n) is 2.40. The Hall–Kier alpha value is -3.66. The second kappa shape index (κ2) is 7.30. The van der Waals surface area contributed by atoms with Crippen LogP contribution in [0.1, 0.15) is 16.3 Å². The van der Waals surface area contributed by atoms with Crippen LogP contribution < -0.4 is 10.6 Å². The van der Waals surface area contributed by atoms with Gasteiger partial charge in [-0.25, -0.2) is 15.0 Å². The van der Waals surface area contributed by atoms with E-state index in [2.05, 4.69) is 35.8 Å². The molecule has 134 valence electrons. The number of nitrogens with zero attached hydrogens (tertiary/aromatic N) is 4. The number of anilines is 2. The number of hydrogen-bond donors (Lipinski definition) is 3. The Morgan fingerprint density at radius 3 is 2.85 bits per heavy atom. The average molecular weight is 379 g/mol. The lowest BCUT2D eigenvalue weighted by molar-refractivity contribution is -0.115. The van der Waals surface area contributed by atoms with Gasteiger partial charge in [0.2, 0.25) is 11.7 Å². The highest BCUT2D eigenvalue weighted by Crippen LogP contribution is 2.19. The molecule has 1 aromatic carbocycles. The van der Waals surface area contributed by atoms with Crippen LogP contribution in [0.4, 0.5) is 10.8 Å². The molecule has 0 aliphatic carbocycles. The molecule has 4 aromatic rings. The summed E-state index contributed by atoms with van der Waals surface area (Å²) < 4.78 is 0. The molecule has 0 spiro atoms. The van der Waals surface area contributed by atoms with Crippen molar-refractivity contribution in [3.8, 4) is 0 Å². The fraction of sp³-hybridized carbons (Fsp3) is 0.0588. The molecule has 0 radical (unpaired) electrons. The van der Waals surface area contributed by atoms with E-state index in [1.165, 1.54) is 23.7 Å². The first-order valence-electron chi connectivity index (χ1n) is 7.93. The SMILES string of the molecule is O=C(Cc1csc(NC(=O)c2ncccn2)n1)Nc1ccc2cn[nH]c2c1. The quantitative estimate of drug-likeness (QED) is 0.488. The van der Waals surface area contributed by atoms with Crippen LogP contribution in [0.3, 0.4) is 0 Å². The lowest BCUT2D eigenvalue weighted by Gasteiger charge is -2.04. The minimum Gasteiger partial charge on any atom is -0.326 e. The number of carbonyl (C=O) groups excluding carboxylic acids is 2. The minimum absolute atomic E-state index is 0.0567. The molecule has 0 fully saturated rings. The molecule has 9 nitrogen and oxygen atoms in total. The summed E-state index contributed by atoms with van der Waals surface area (Å²) in [5.41, 5.74) is 2.07. The molecule has 2 amide bonds. The lowest BCUT2D eigenvalue weighted by Crippen LogP contribution is -2.16. The van der Waals surface area contributed by atoms with Crippen LogP contribution in [0.25, 0.3) is 10.9 Å². The maximum absolute atomic E-state index is 12.2. The van der Waals surface area contributed by atoms with Crippen molar-refractivity contribution in [1.82, 2.24) is 25.1 Å². The van der Waals surface area contributed by atoms with Crippen LogP contribution in [0.2, 0.25) is 0 Å². The molecule has 0 saturated heterocycles. The predicted molar refractivity (Wildman–Crippen MR) is 101 cm³/mol. The first kappa shape index (κ1) is 16.8. The Labute approximate surface area is 156 Å². The second-order valence-electron chi connectivity index (χ2n) is 5.57. The highest BCUT2D eigenvalue weighted by atomic mass is 32.1. The summed E-state index contributed by atoms with van der Waals surface area (Å²) in [5.74, 6) is -0.599. The summed E-state index contributed by atoms with van der Waals surface area (Å²) in [5, 5.41) is 15.3. The standard InChI is InChI=1S/C17H13N7O2S/c25-14(21-11-3-2-10-8-20-24-13(10)6-11)7-12-9-27-17(22-12)23-16(26)15-18-4-1-5-19-15/h1-6,8-9H,7H2,(H,20,24)(H,21,25)(H,22,23,26). The van der Waals surface area contributed by atoms with Crippen molar-refractivity contribution < 1.29 is 9.59 Å². The van der Waals surface area contributed by atoms with Crippen LogP contribution in [0.15, 0.2) is 48.2 Å². The van der Waals surface area contributed by atoms with Gasteiger partial charge in [-0.3, -0.25) is 20.0 Å². The number of aromatic nitrogens is 5. The van der Waals surface area contributed by atoms with Gasteiger partial charge in [-0.1, -0.05) is 0 Å². The summed E-state index contributed by atoms with van der Waals surface area (Å²) in [6.45, 7) is 0. The zero-order valence-corrected chi connectivity index (χ0v) is 14.7. The number of hydrogen-bond acceptors (Lipinski definition) is 7. The van der Waals surface area contributed by atoms with Crippen molar-refractivity contribution in [1.29, 1.82) is 0 Å². The normalized spacial score (nSPS) is 10.7. The van der Waals surface area contributed by atoms with Crippen LogP contribution in [0.5, 0.6) is 0 Å². The third-order valence-corrected chi connectivity index (χ3v) is 4.41. The molecule has 3 aromatic heterocycles. The summed E-state index contributed by atoms with van der Waals surface area (Å²) in [7, 11) is 0. The average Bonchev–Trinajstić information content (AvgIpc) is 3.31. The van der Waals surface area contributed by atoms with Gasteiger partial charge in [0, 0.05) is 28.8 Å². The molecule has 0 bridgehead atoms. The molecule has 27 heavy (non-hydrogen) atoms. The molecule has 0 atom stereocenters. The number of thiazole rings is 1. The van der Waals surface area contributed by atoms with Crippen molar-refractivity contribution in [2.75, 3.05) is 10.6 Å². The first-order chi connectivity index (χ1) is 13.2. The van der Waals surface area contributed by atoms with E-state index in [-0.39, 0.29) is 18.2 Å². The van der Waals surface area contributed by atoms with Gasteiger partial charge in [0.25, 0.3) is 5.91 Å². The van der Waals surface area contributed by atoms with Crippen molar-refractivity contribution in [2.24, 2.45) is 0 Å². The van der Waals surface area contributed by atoms with Gasteiger partial charge in [-0.2, -0.15) is 5.10 Å². The number of aromatic amines is 1.